The molecule has 1 atom stereocenters. The van der Waals surface area contributed by atoms with Crippen LogP contribution in [0.1, 0.15) is 12.8 Å². The Bertz CT molecular complexity index is 704. The van der Waals surface area contributed by atoms with E-state index in [1.54, 1.807) is 11.1 Å². The van der Waals surface area contributed by atoms with Gasteiger partial charge in [-0.3, -0.25) is 9.59 Å². The number of hydrogen-bond donors (Lipinski definition) is 1. The van der Waals surface area contributed by atoms with E-state index in [1.165, 1.54) is 0 Å². The fourth-order valence-corrected chi connectivity index (χ4v) is 3.12. The quantitative estimate of drug-likeness (QED) is 0.685. The zero-order chi connectivity index (χ0) is 14.8. The maximum atomic E-state index is 12.4. The van der Waals surface area contributed by atoms with Crippen molar-refractivity contribution < 1.29 is 9.59 Å². The summed E-state index contributed by atoms with van der Waals surface area (Å²) in [6, 6.07) is 7.33. The van der Waals surface area contributed by atoms with Gasteiger partial charge < -0.3 is 10.2 Å². The van der Waals surface area contributed by atoms with Crippen LogP contribution in [-0.4, -0.2) is 34.8 Å². The summed E-state index contributed by atoms with van der Waals surface area (Å²) in [5, 5.41) is 4.75. The molecule has 108 valence electrons. The lowest BCUT2D eigenvalue weighted by Crippen LogP contribution is -2.38. The second-order valence-electron chi connectivity index (χ2n) is 5.00. The molecule has 0 spiro atoms. The smallest absolute Gasteiger partial charge is 0.247 e. The number of pyridine rings is 1. The third-order valence-corrected chi connectivity index (χ3v) is 4.37. The van der Waals surface area contributed by atoms with Crippen molar-refractivity contribution >= 4 is 44.7 Å². The molecule has 2 heterocycles. The average Bonchev–Trinajstić information content (AvgIpc) is 2.99. The highest BCUT2D eigenvalue weighted by atomic mass is 79.9. The van der Waals surface area contributed by atoms with Gasteiger partial charge in [0.25, 0.3) is 0 Å². The molecule has 1 aliphatic heterocycles. The first kappa shape index (κ1) is 14.0. The van der Waals surface area contributed by atoms with Gasteiger partial charge in [0.2, 0.25) is 12.3 Å². The van der Waals surface area contributed by atoms with Gasteiger partial charge in [-0.1, -0.05) is 24.3 Å². The van der Waals surface area contributed by atoms with E-state index < -0.39 is 0 Å². The van der Waals surface area contributed by atoms with Crippen LogP contribution in [0.3, 0.4) is 0 Å². The van der Waals surface area contributed by atoms with Gasteiger partial charge in [0.15, 0.2) is 0 Å². The number of anilines is 1. The van der Waals surface area contributed by atoms with E-state index in [2.05, 4.69) is 26.2 Å². The molecule has 1 aliphatic rings. The molecule has 1 fully saturated rings. The minimum absolute atomic E-state index is 0.158. The fraction of sp³-hybridized carbons (Fsp3) is 0.267. The van der Waals surface area contributed by atoms with Gasteiger partial charge in [-0.2, -0.15) is 0 Å². The summed E-state index contributed by atoms with van der Waals surface area (Å²) in [6.45, 7) is 0.640. The van der Waals surface area contributed by atoms with E-state index in [4.69, 9.17) is 0 Å². The lowest BCUT2D eigenvalue weighted by molar-refractivity contribution is -0.127. The molecule has 3 rings (SSSR count). The number of hydrogen-bond acceptors (Lipinski definition) is 3. The number of likely N-dealkylation sites (tertiary alicyclic amines) is 1. The molecule has 1 aromatic heterocycles. The van der Waals surface area contributed by atoms with Gasteiger partial charge in [-0.15, -0.1) is 0 Å². The van der Waals surface area contributed by atoms with Crippen molar-refractivity contribution in [1.82, 2.24) is 9.88 Å². The highest BCUT2D eigenvalue weighted by Crippen LogP contribution is 2.28. The summed E-state index contributed by atoms with van der Waals surface area (Å²) in [7, 11) is 0. The number of carbonyl (C=O) groups excluding carboxylic acids is 2. The van der Waals surface area contributed by atoms with Crippen LogP contribution in [0.5, 0.6) is 0 Å². The van der Waals surface area contributed by atoms with Crippen LogP contribution in [0.25, 0.3) is 10.8 Å². The molecular formula is C15H14BrN3O2. The molecule has 1 unspecified atom stereocenters. The number of aromatic nitrogens is 1. The Morgan fingerprint density at radius 3 is 2.90 bits per heavy atom. The number of benzene rings is 1. The first-order valence-corrected chi connectivity index (χ1v) is 7.55. The normalized spacial score (nSPS) is 18.0. The van der Waals surface area contributed by atoms with Crippen molar-refractivity contribution in [2.24, 2.45) is 0 Å². The van der Waals surface area contributed by atoms with Crippen molar-refractivity contribution in [3.05, 3.63) is 35.1 Å². The van der Waals surface area contributed by atoms with Gasteiger partial charge in [0, 0.05) is 17.3 Å². The number of rotatable bonds is 3. The molecular weight excluding hydrogens is 334 g/mol. The maximum absolute atomic E-state index is 12.4. The predicted octanol–water partition coefficient (Wildman–Crippen LogP) is 2.56. The molecule has 1 saturated heterocycles. The topological polar surface area (TPSA) is 62.3 Å². The summed E-state index contributed by atoms with van der Waals surface area (Å²) in [5.74, 6) is -0.158. The zero-order valence-electron chi connectivity index (χ0n) is 11.3. The highest BCUT2D eigenvalue weighted by molar-refractivity contribution is 9.10. The fourth-order valence-electron chi connectivity index (χ4n) is 2.67. The van der Waals surface area contributed by atoms with E-state index in [1.807, 2.05) is 24.3 Å². The number of nitrogens with zero attached hydrogens (tertiary/aromatic N) is 2. The molecule has 1 aromatic carbocycles. The Labute approximate surface area is 130 Å². The summed E-state index contributed by atoms with van der Waals surface area (Å²) < 4.78 is 0.742. The Hall–Kier alpha value is -1.95. The molecule has 0 radical (unpaired) electrons. The second kappa shape index (κ2) is 5.81. The van der Waals surface area contributed by atoms with E-state index >= 15 is 0 Å². The first-order chi connectivity index (χ1) is 10.2. The van der Waals surface area contributed by atoms with E-state index in [0.29, 0.717) is 18.7 Å². The Morgan fingerprint density at radius 1 is 1.38 bits per heavy atom. The standard InChI is InChI=1S/C15H14BrN3O2/c16-14-11-5-2-1-4-10(11)12(8-17-14)18-15(21)13-6-3-7-19(13)9-20/h1-2,4-5,8-9,13H,3,6-7H2,(H,18,21). The molecule has 21 heavy (non-hydrogen) atoms. The van der Waals surface area contributed by atoms with Gasteiger partial charge in [0.1, 0.15) is 10.6 Å². The van der Waals surface area contributed by atoms with Crippen LogP contribution in [0.15, 0.2) is 35.1 Å². The number of fused-ring (bicyclic) bond motifs is 1. The van der Waals surface area contributed by atoms with Crippen LogP contribution in [0, 0.1) is 0 Å². The highest BCUT2D eigenvalue weighted by Gasteiger charge is 2.29. The van der Waals surface area contributed by atoms with E-state index in [0.717, 1.165) is 28.2 Å². The number of halogens is 1. The second-order valence-corrected chi connectivity index (χ2v) is 5.75. The van der Waals surface area contributed by atoms with Crippen LogP contribution in [0.2, 0.25) is 0 Å². The Kier molecular flexibility index (Phi) is 3.88. The maximum Gasteiger partial charge on any atom is 0.247 e. The van der Waals surface area contributed by atoms with Crippen molar-refractivity contribution in [3.8, 4) is 0 Å². The van der Waals surface area contributed by atoms with Crippen molar-refractivity contribution in [2.75, 3.05) is 11.9 Å². The number of carbonyl (C=O) groups is 2. The summed E-state index contributed by atoms with van der Waals surface area (Å²) >= 11 is 3.41. The van der Waals surface area contributed by atoms with Gasteiger partial charge in [0.05, 0.1) is 11.9 Å². The van der Waals surface area contributed by atoms with Crippen molar-refractivity contribution in [1.29, 1.82) is 0 Å². The minimum atomic E-state index is -0.384. The van der Waals surface area contributed by atoms with Crippen LogP contribution < -0.4 is 5.32 Å². The Balaban J connectivity index is 1.90. The monoisotopic (exact) mass is 347 g/mol. The third-order valence-electron chi connectivity index (χ3n) is 3.74. The van der Waals surface area contributed by atoms with Crippen molar-refractivity contribution in [2.45, 2.75) is 18.9 Å². The average molecular weight is 348 g/mol. The lowest BCUT2D eigenvalue weighted by Gasteiger charge is -2.19. The third kappa shape index (κ3) is 2.63. The first-order valence-electron chi connectivity index (χ1n) is 6.76. The summed E-state index contributed by atoms with van der Waals surface area (Å²) in [6.07, 6.45) is 3.93. The van der Waals surface area contributed by atoms with E-state index in [9.17, 15) is 9.59 Å². The van der Waals surface area contributed by atoms with E-state index in [-0.39, 0.29) is 11.9 Å². The van der Waals surface area contributed by atoms with Gasteiger partial charge in [-0.05, 0) is 28.8 Å². The number of amides is 2. The van der Waals surface area contributed by atoms with Crippen molar-refractivity contribution in [3.63, 3.8) is 0 Å². The summed E-state index contributed by atoms with van der Waals surface area (Å²) in [4.78, 5) is 29.1. The lowest BCUT2D eigenvalue weighted by atomic mass is 10.1. The molecule has 2 amide bonds. The van der Waals surface area contributed by atoms with Crippen LogP contribution in [0.4, 0.5) is 5.69 Å². The number of nitrogens with one attached hydrogen (secondary N) is 1. The summed E-state index contributed by atoms with van der Waals surface area (Å²) in [5.41, 5.74) is 0.663. The van der Waals surface area contributed by atoms with Gasteiger partial charge >= 0.3 is 0 Å². The Morgan fingerprint density at radius 2 is 2.14 bits per heavy atom. The molecule has 2 aromatic rings. The molecule has 0 saturated carbocycles. The largest absolute Gasteiger partial charge is 0.333 e. The molecule has 0 aliphatic carbocycles. The minimum Gasteiger partial charge on any atom is -0.333 e. The molecule has 5 nitrogen and oxygen atoms in total. The molecule has 0 bridgehead atoms. The molecule has 6 heteroatoms. The van der Waals surface area contributed by atoms with Crippen LogP contribution >= 0.6 is 15.9 Å². The van der Waals surface area contributed by atoms with Gasteiger partial charge in [-0.25, -0.2) is 4.98 Å². The zero-order valence-corrected chi connectivity index (χ0v) is 12.8. The predicted molar refractivity (Wildman–Crippen MR) is 83.9 cm³/mol. The van der Waals surface area contributed by atoms with Crippen LogP contribution in [-0.2, 0) is 9.59 Å². The molecule has 1 N–H and O–H groups in total. The SMILES string of the molecule is O=CN1CCCC1C(=O)Nc1cnc(Br)c2ccccc12.